The molecule has 196 valence electrons. The molecule has 0 bridgehead atoms. The molecule has 37 heavy (non-hydrogen) atoms. The number of nitrogens with zero attached hydrogens (tertiary/aromatic N) is 5. The molecule has 3 aromatic rings. The molecule has 1 amide bonds. The van der Waals surface area contributed by atoms with E-state index in [0.29, 0.717) is 18.7 Å². The molecular weight excluding hydrogens is 485 g/mol. The van der Waals surface area contributed by atoms with Crippen LogP contribution < -0.4 is 11.1 Å². The second kappa shape index (κ2) is 10.3. The Bertz CT molecular complexity index is 1320. The van der Waals surface area contributed by atoms with Gasteiger partial charge in [0.1, 0.15) is 11.7 Å². The second-order valence-corrected chi connectivity index (χ2v) is 9.75. The number of pyridine rings is 1. The number of nitriles is 1. The lowest BCUT2D eigenvalue weighted by molar-refractivity contribution is -0.137. The lowest BCUT2D eigenvalue weighted by Crippen LogP contribution is -2.50. The van der Waals surface area contributed by atoms with Gasteiger partial charge in [0, 0.05) is 42.5 Å². The Morgan fingerprint density at radius 1 is 1.24 bits per heavy atom. The highest BCUT2D eigenvalue weighted by Gasteiger charge is 2.32. The summed E-state index contributed by atoms with van der Waals surface area (Å²) in [5, 5.41) is 13.1. The molecule has 9 nitrogen and oxygen atoms in total. The molecule has 2 atom stereocenters. The van der Waals surface area contributed by atoms with Crippen molar-refractivity contribution < 1.29 is 18.0 Å². The highest BCUT2D eigenvalue weighted by molar-refractivity contribution is 5.94. The van der Waals surface area contributed by atoms with E-state index < -0.39 is 17.8 Å². The first-order valence-electron chi connectivity index (χ1n) is 12.1. The number of carbonyl (C=O) groups is 1. The van der Waals surface area contributed by atoms with Crippen LogP contribution >= 0.6 is 0 Å². The fourth-order valence-electron chi connectivity index (χ4n) is 4.53. The van der Waals surface area contributed by atoms with E-state index in [1.807, 2.05) is 31.7 Å². The molecule has 4 rings (SSSR count). The third-order valence-corrected chi connectivity index (χ3v) is 6.94. The van der Waals surface area contributed by atoms with Crippen molar-refractivity contribution in [3.05, 3.63) is 35.8 Å². The zero-order valence-electron chi connectivity index (χ0n) is 20.8. The third-order valence-electron chi connectivity index (χ3n) is 6.94. The number of hydrogen-bond donors (Lipinski definition) is 3. The SMILES string of the molecule is CC(C)C(N)C(=O)N1CCC([C@@H](C)Nc2ncc(C#N)c(-c3c[nH]c4ncc(C(F)(F)F)cc34)n2)CC1. The topological polar surface area (TPSA) is 137 Å². The van der Waals surface area contributed by atoms with Crippen LogP contribution in [0.3, 0.4) is 0 Å². The van der Waals surface area contributed by atoms with Crippen molar-refractivity contribution in [2.24, 2.45) is 17.6 Å². The first kappa shape index (κ1) is 26.3. The first-order chi connectivity index (χ1) is 17.5. The minimum atomic E-state index is -4.55. The zero-order chi connectivity index (χ0) is 26.9. The Kier molecular flexibility index (Phi) is 7.36. The summed E-state index contributed by atoms with van der Waals surface area (Å²) in [6.45, 7) is 7.07. The zero-order valence-corrected chi connectivity index (χ0v) is 20.8. The Morgan fingerprint density at radius 2 is 1.95 bits per heavy atom. The van der Waals surface area contributed by atoms with Crippen LogP contribution in [0.1, 0.15) is 44.7 Å². The van der Waals surface area contributed by atoms with Gasteiger partial charge in [0.25, 0.3) is 0 Å². The number of likely N-dealkylation sites (tertiary alicyclic amines) is 1. The molecule has 1 aliphatic heterocycles. The van der Waals surface area contributed by atoms with Crippen LogP contribution in [0.5, 0.6) is 0 Å². The molecule has 0 spiro atoms. The summed E-state index contributed by atoms with van der Waals surface area (Å²) >= 11 is 0. The molecular formula is C25H29F3N8O. The van der Waals surface area contributed by atoms with Crippen molar-refractivity contribution in [1.82, 2.24) is 24.8 Å². The quantitative estimate of drug-likeness (QED) is 0.453. The number of alkyl halides is 3. The van der Waals surface area contributed by atoms with Gasteiger partial charge in [-0.25, -0.2) is 15.0 Å². The molecule has 1 fully saturated rings. The number of piperidine rings is 1. The van der Waals surface area contributed by atoms with Crippen LogP contribution in [0.2, 0.25) is 0 Å². The largest absolute Gasteiger partial charge is 0.417 e. The minimum absolute atomic E-state index is 0.0315. The van der Waals surface area contributed by atoms with E-state index in [9.17, 15) is 23.2 Å². The van der Waals surface area contributed by atoms with Gasteiger partial charge in [-0.2, -0.15) is 18.4 Å². The lowest BCUT2D eigenvalue weighted by atomic mass is 9.89. The van der Waals surface area contributed by atoms with E-state index in [4.69, 9.17) is 5.73 Å². The molecule has 0 radical (unpaired) electrons. The van der Waals surface area contributed by atoms with Gasteiger partial charge in [0.15, 0.2) is 0 Å². The maximum atomic E-state index is 13.3. The van der Waals surface area contributed by atoms with E-state index >= 15 is 0 Å². The number of aromatic amines is 1. The van der Waals surface area contributed by atoms with Crippen LogP contribution in [0.15, 0.2) is 24.7 Å². The van der Waals surface area contributed by atoms with Crippen molar-refractivity contribution in [2.75, 3.05) is 18.4 Å². The summed E-state index contributed by atoms with van der Waals surface area (Å²) in [7, 11) is 0. The number of amides is 1. The van der Waals surface area contributed by atoms with Crippen molar-refractivity contribution in [1.29, 1.82) is 5.26 Å². The molecule has 4 N–H and O–H groups in total. The number of hydrogen-bond acceptors (Lipinski definition) is 7. The maximum absolute atomic E-state index is 13.3. The number of fused-ring (bicyclic) bond motifs is 1. The van der Waals surface area contributed by atoms with E-state index in [2.05, 4.69) is 25.3 Å². The van der Waals surface area contributed by atoms with Crippen molar-refractivity contribution in [3.8, 4) is 17.3 Å². The number of anilines is 1. The highest BCUT2D eigenvalue weighted by Crippen LogP contribution is 2.35. The van der Waals surface area contributed by atoms with E-state index in [-0.39, 0.29) is 52.0 Å². The Hall–Kier alpha value is -3.72. The van der Waals surface area contributed by atoms with Gasteiger partial charge in [-0.15, -0.1) is 0 Å². The Morgan fingerprint density at radius 3 is 2.57 bits per heavy atom. The van der Waals surface area contributed by atoms with Gasteiger partial charge in [-0.3, -0.25) is 4.79 Å². The van der Waals surface area contributed by atoms with Crippen LogP contribution in [-0.2, 0) is 11.0 Å². The average molecular weight is 515 g/mol. The summed E-state index contributed by atoms with van der Waals surface area (Å²) in [6, 6.07) is 2.45. The first-order valence-corrected chi connectivity index (χ1v) is 12.1. The Labute approximate surface area is 212 Å². The van der Waals surface area contributed by atoms with Crippen molar-refractivity contribution >= 4 is 22.9 Å². The van der Waals surface area contributed by atoms with E-state index in [1.165, 1.54) is 12.4 Å². The van der Waals surface area contributed by atoms with Crippen LogP contribution in [0.25, 0.3) is 22.3 Å². The predicted octanol–water partition coefficient (Wildman–Crippen LogP) is 3.93. The maximum Gasteiger partial charge on any atom is 0.417 e. The summed E-state index contributed by atoms with van der Waals surface area (Å²) < 4.78 is 39.8. The third kappa shape index (κ3) is 5.51. The lowest BCUT2D eigenvalue weighted by Gasteiger charge is -2.36. The standard InChI is InChI=1S/C25H29F3N8O/c1-13(2)20(30)23(37)36-6-4-15(5-7-36)14(3)34-24-33-10-16(9-29)21(35-24)19-12-32-22-18(19)8-17(11-31-22)25(26,27)28/h8,10-15,20H,4-7,30H2,1-3H3,(H,31,32)(H,33,34,35)/t14-,20?/m1/s1. The van der Waals surface area contributed by atoms with Gasteiger partial charge in [-0.05, 0) is 37.7 Å². The van der Waals surface area contributed by atoms with Gasteiger partial charge in [0.2, 0.25) is 11.9 Å². The van der Waals surface area contributed by atoms with Crippen molar-refractivity contribution in [2.45, 2.75) is 51.9 Å². The van der Waals surface area contributed by atoms with Gasteiger partial charge in [0.05, 0.1) is 29.1 Å². The molecule has 0 saturated carbocycles. The molecule has 12 heteroatoms. The predicted molar refractivity (Wildman–Crippen MR) is 132 cm³/mol. The molecule has 0 aromatic carbocycles. The van der Waals surface area contributed by atoms with Gasteiger partial charge in [-0.1, -0.05) is 13.8 Å². The highest BCUT2D eigenvalue weighted by atomic mass is 19.4. The molecule has 4 heterocycles. The molecule has 1 saturated heterocycles. The summed E-state index contributed by atoms with van der Waals surface area (Å²) in [4.78, 5) is 29.8. The van der Waals surface area contributed by atoms with E-state index in [1.54, 1.807) is 0 Å². The normalized spacial score (nSPS) is 16.6. The number of nitrogens with one attached hydrogen (secondary N) is 2. The number of halogens is 3. The van der Waals surface area contributed by atoms with Gasteiger partial charge < -0.3 is 20.9 Å². The Balaban J connectivity index is 1.52. The van der Waals surface area contributed by atoms with Crippen LogP contribution in [0.4, 0.5) is 19.1 Å². The summed E-state index contributed by atoms with van der Waals surface area (Å²) in [5.74, 6) is 0.544. The van der Waals surface area contributed by atoms with Crippen LogP contribution in [-0.4, -0.2) is 55.9 Å². The second-order valence-electron chi connectivity index (χ2n) is 9.75. The number of H-pyrrole nitrogens is 1. The number of rotatable bonds is 6. The fraction of sp³-hybridized carbons (Fsp3) is 0.480. The number of carbonyl (C=O) groups excluding carboxylic acids is 1. The molecule has 0 aliphatic carbocycles. The fourth-order valence-corrected chi connectivity index (χ4v) is 4.53. The van der Waals surface area contributed by atoms with Gasteiger partial charge >= 0.3 is 6.18 Å². The number of nitrogens with two attached hydrogens (primary N) is 1. The molecule has 1 aliphatic rings. The summed E-state index contributed by atoms with van der Waals surface area (Å²) in [5.41, 5.74) is 6.06. The van der Waals surface area contributed by atoms with Crippen LogP contribution in [0, 0.1) is 23.2 Å². The number of aromatic nitrogens is 4. The smallest absolute Gasteiger partial charge is 0.351 e. The monoisotopic (exact) mass is 514 g/mol. The molecule has 3 aromatic heterocycles. The molecule has 1 unspecified atom stereocenters. The summed E-state index contributed by atoms with van der Waals surface area (Å²) in [6.07, 6.45) is 0.610. The van der Waals surface area contributed by atoms with Crippen molar-refractivity contribution in [3.63, 3.8) is 0 Å². The van der Waals surface area contributed by atoms with E-state index in [0.717, 1.165) is 25.1 Å². The average Bonchev–Trinajstić information content (AvgIpc) is 3.30. The minimum Gasteiger partial charge on any atom is -0.351 e.